The molecule has 3 aromatic heterocycles. The third-order valence-corrected chi connectivity index (χ3v) is 9.12. The molecule has 5 aromatic rings. The minimum Gasteiger partial charge on any atom is -0.308 e. The van der Waals surface area contributed by atoms with Crippen molar-refractivity contribution in [2.24, 2.45) is 5.14 Å². The Kier molecular flexibility index (Phi) is 6.86. The zero-order valence-electron chi connectivity index (χ0n) is 21.4. The average Bonchev–Trinajstić information content (AvgIpc) is 3.47. The van der Waals surface area contributed by atoms with Crippen LogP contribution in [-0.4, -0.2) is 23.0 Å². The Labute approximate surface area is 228 Å². The van der Waals surface area contributed by atoms with E-state index in [1.807, 2.05) is 39.0 Å². The van der Waals surface area contributed by atoms with Gasteiger partial charge in [-0.05, 0) is 48.7 Å². The van der Waals surface area contributed by atoms with Crippen molar-refractivity contribution in [2.75, 3.05) is 0 Å². The monoisotopic (exact) mass is 570 g/mol. The van der Waals surface area contributed by atoms with Crippen LogP contribution in [0.15, 0.2) is 64.9 Å². The number of aromatic nitrogens is 3. The Hall–Kier alpha value is -3.54. The van der Waals surface area contributed by atoms with Crippen LogP contribution in [0.3, 0.4) is 0 Å². The van der Waals surface area contributed by atoms with Gasteiger partial charge in [-0.2, -0.15) is 13.2 Å². The van der Waals surface area contributed by atoms with E-state index in [2.05, 4.69) is 4.57 Å². The standard InChI is InChI=1S/C28H25F3N4O2S2/c1-4-24-34-25-16(2)13-17(3)33-26(25)35(24)15-18-9-11-19(12-10-18)21-14-23(38-27(21)39(32,36)37)20-7-5-6-8-22(20)28(29,30)31/h5-14H,4,15H2,1-3H3,(H2,32,36,37). The molecule has 202 valence electrons. The molecule has 0 bridgehead atoms. The molecular weight excluding hydrogens is 545 g/mol. The number of imidazole rings is 1. The number of hydrogen-bond donors (Lipinski definition) is 1. The number of pyridine rings is 1. The first-order valence-electron chi connectivity index (χ1n) is 12.1. The van der Waals surface area contributed by atoms with Gasteiger partial charge >= 0.3 is 6.18 Å². The second-order valence-corrected chi connectivity index (χ2v) is 12.1. The molecular formula is C28H25F3N4O2S2. The van der Waals surface area contributed by atoms with Crippen molar-refractivity contribution >= 4 is 32.5 Å². The smallest absolute Gasteiger partial charge is 0.308 e. The van der Waals surface area contributed by atoms with Crippen molar-refractivity contribution in [2.45, 2.75) is 44.1 Å². The zero-order valence-corrected chi connectivity index (χ0v) is 23.0. The highest BCUT2D eigenvalue weighted by molar-refractivity contribution is 7.91. The molecule has 0 unspecified atom stereocenters. The molecule has 0 saturated carbocycles. The van der Waals surface area contributed by atoms with Crippen LogP contribution in [-0.2, 0) is 29.2 Å². The lowest BCUT2D eigenvalue weighted by atomic mass is 10.0. The molecule has 2 aromatic carbocycles. The highest BCUT2D eigenvalue weighted by Gasteiger charge is 2.34. The van der Waals surface area contributed by atoms with E-state index in [4.69, 9.17) is 15.1 Å². The van der Waals surface area contributed by atoms with Crippen LogP contribution in [0.4, 0.5) is 13.2 Å². The van der Waals surface area contributed by atoms with E-state index in [0.29, 0.717) is 12.1 Å². The van der Waals surface area contributed by atoms with Gasteiger partial charge in [0.2, 0.25) is 10.0 Å². The number of primary sulfonamides is 1. The summed E-state index contributed by atoms with van der Waals surface area (Å²) >= 11 is 0.728. The fraction of sp³-hybridized carbons (Fsp3) is 0.214. The predicted molar refractivity (Wildman–Crippen MR) is 147 cm³/mol. The third kappa shape index (κ3) is 5.21. The van der Waals surface area contributed by atoms with Gasteiger partial charge in [-0.15, -0.1) is 11.3 Å². The van der Waals surface area contributed by atoms with E-state index in [-0.39, 0.29) is 20.2 Å². The van der Waals surface area contributed by atoms with Crippen LogP contribution in [0.5, 0.6) is 0 Å². The van der Waals surface area contributed by atoms with Crippen LogP contribution in [0, 0.1) is 13.8 Å². The van der Waals surface area contributed by atoms with E-state index < -0.39 is 21.8 Å². The lowest BCUT2D eigenvalue weighted by Crippen LogP contribution is -2.11. The lowest BCUT2D eigenvalue weighted by Gasteiger charge is -2.11. The predicted octanol–water partition coefficient (Wildman–Crippen LogP) is 6.72. The van der Waals surface area contributed by atoms with Crippen molar-refractivity contribution in [3.05, 3.63) is 88.9 Å². The number of hydrogen-bond acceptors (Lipinski definition) is 5. The number of nitrogens with zero attached hydrogens (tertiary/aromatic N) is 3. The second kappa shape index (κ2) is 9.89. The molecule has 2 N–H and O–H groups in total. The third-order valence-electron chi connectivity index (χ3n) is 6.48. The van der Waals surface area contributed by atoms with Crippen molar-refractivity contribution < 1.29 is 21.6 Å². The summed E-state index contributed by atoms with van der Waals surface area (Å²) in [4.78, 5) is 9.64. The largest absolute Gasteiger partial charge is 0.417 e. The van der Waals surface area contributed by atoms with Gasteiger partial charge in [0.25, 0.3) is 0 Å². The van der Waals surface area contributed by atoms with E-state index in [1.54, 1.807) is 12.1 Å². The van der Waals surface area contributed by atoms with Crippen LogP contribution in [0.2, 0.25) is 0 Å². The van der Waals surface area contributed by atoms with Crippen LogP contribution in [0.25, 0.3) is 32.7 Å². The van der Waals surface area contributed by atoms with Crippen molar-refractivity contribution in [3.63, 3.8) is 0 Å². The first-order chi connectivity index (χ1) is 18.4. The van der Waals surface area contributed by atoms with Gasteiger partial charge in [0.15, 0.2) is 5.65 Å². The molecule has 0 aliphatic carbocycles. The Morgan fingerprint density at radius 1 is 0.974 bits per heavy atom. The molecule has 0 amide bonds. The van der Waals surface area contributed by atoms with Crippen LogP contribution >= 0.6 is 11.3 Å². The maximum absolute atomic E-state index is 13.6. The molecule has 0 spiro atoms. The highest BCUT2D eigenvalue weighted by Crippen LogP contribution is 2.44. The van der Waals surface area contributed by atoms with Gasteiger partial charge in [0.1, 0.15) is 15.6 Å². The molecule has 0 aliphatic rings. The normalized spacial score (nSPS) is 12.4. The van der Waals surface area contributed by atoms with E-state index in [9.17, 15) is 21.6 Å². The quantitative estimate of drug-likeness (QED) is 0.245. The summed E-state index contributed by atoms with van der Waals surface area (Å²) in [5.74, 6) is 0.901. The van der Waals surface area contributed by atoms with Gasteiger partial charge in [-0.3, -0.25) is 0 Å². The number of nitrogens with two attached hydrogens (primary N) is 1. The highest BCUT2D eigenvalue weighted by atomic mass is 32.2. The summed E-state index contributed by atoms with van der Waals surface area (Å²) in [5.41, 5.74) is 4.40. The summed E-state index contributed by atoms with van der Waals surface area (Å²) in [5, 5.41) is 5.48. The van der Waals surface area contributed by atoms with Gasteiger partial charge < -0.3 is 4.57 Å². The molecule has 0 fully saturated rings. The Bertz CT molecular complexity index is 1810. The number of sulfonamides is 1. The summed E-state index contributed by atoms with van der Waals surface area (Å²) in [6.45, 7) is 6.48. The molecule has 0 radical (unpaired) electrons. The number of halogens is 3. The van der Waals surface area contributed by atoms with Crippen molar-refractivity contribution in [1.82, 2.24) is 14.5 Å². The minimum atomic E-state index is -4.59. The Balaban J connectivity index is 1.55. The SMILES string of the molecule is CCc1nc2c(C)cc(C)nc2n1Cc1ccc(-c2cc(-c3ccccc3C(F)(F)F)sc2S(N)(=O)=O)cc1. The van der Waals surface area contributed by atoms with Gasteiger partial charge in [0.05, 0.1) is 12.1 Å². The maximum Gasteiger partial charge on any atom is 0.417 e. The number of alkyl halides is 3. The molecule has 3 heterocycles. The first kappa shape index (κ1) is 27.0. The number of fused-ring (bicyclic) bond motifs is 1. The van der Waals surface area contributed by atoms with Gasteiger partial charge in [0, 0.05) is 28.1 Å². The van der Waals surface area contributed by atoms with Crippen molar-refractivity contribution in [1.29, 1.82) is 0 Å². The van der Waals surface area contributed by atoms with E-state index in [0.717, 1.165) is 57.6 Å². The molecule has 0 saturated heterocycles. The van der Waals surface area contributed by atoms with Gasteiger partial charge in [-0.25, -0.2) is 23.5 Å². The molecule has 0 atom stereocenters. The second-order valence-electron chi connectivity index (χ2n) is 9.32. The first-order valence-corrected chi connectivity index (χ1v) is 14.5. The summed E-state index contributed by atoms with van der Waals surface area (Å²) < 4.78 is 67.7. The van der Waals surface area contributed by atoms with E-state index >= 15 is 0 Å². The maximum atomic E-state index is 13.6. The zero-order chi connectivity index (χ0) is 28.1. The molecule has 11 heteroatoms. The number of aryl methyl sites for hydroxylation is 3. The molecule has 39 heavy (non-hydrogen) atoms. The van der Waals surface area contributed by atoms with E-state index in [1.165, 1.54) is 24.3 Å². The Morgan fingerprint density at radius 2 is 1.67 bits per heavy atom. The Morgan fingerprint density at radius 3 is 2.31 bits per heavy atom. The summed E-state index contributed by atoms with van der Waals surface area (Å²) in [6.07, 6.45) is -3.87. The average molecular weight is 571 g/mol. The summed E-state index contributed by atoms with van der Waals surface area (Å²) in [6, 6.07) is 15.8. The lowest BCUT2D eigenvalue weighted by molar-refractivity contribution is -0.137. The molecule has 0 aliphatic heterocycles. The number of benzene rings is 2. The van der Waals surface area contributed by atoms with Crippen LogP contribution < -0.4 is 5.14 Å². The molecule has 5 rings (SSSR count). The topological polar surface area (TPSA) is 90.9 Å². The number of rotatable bonds is 6. The number of thiophene rings is 1. The summed E-state index contributed by atoms with van der Waals surface area (Å²) in [7, 11) is -4.19. The minimum absolute atomic E-state index is 0.0973. The fourth-order valence-electron chi connectivity index (χ4n) is 4.72. The fourth-order valence-corrected chi connectivity index (χ4v) is 6.89. The van der Waals surface area contributed by atoms with Crippen LogP contribution in [0.1, 0.15) is 35.1 Å². The molecule has 6 nitrogen and oxygen atoms in total. The van der Waals surface area contributed by atoms with Crippen molar-refractivity contribution in [3.8, 4) is 21.6 Å². The van der Waals surface area contributed by atoms with Gasteiger partial charge in [-0.1, -0.05) is 49.4 Å².